The predicted molar refractivity (Wildman–Crippen MR) is 116 cm³/mol. The second-order valence-corrected chi connectivity index (χ2v) is 10.00. The molecule has 1 amide bonds. The van der Waals surface area contributed by atoms with Crippen molar-refractivity contribution in [3.63, 3.8) is 0 Å². The minimum Gasteiger partial charge on any atom is -0.444 e. The van der Waals surface area contributed by atoms with Crippen LogP contribution in [0.2, 0.25) is 0 Å². The summed E-state index contributed by atoms with van der Waals surface area (Å²) >= 11 is 1.96. The maximum atomic E-state index is 14.9. The van der Waals surface area contributed by atoms with Crippen LogP contribution in [0, 0.1) is 11.2 Å². The van der Waals surface area contributed by atoms with Gasteiger partial charge in [-0.3, -0.25) is 9.69 Å². The van der Waals surface area contributed by atoms with Gasteiger partial charge in [-0.05, 0) is 49.0 Å². The second kappa shape index (κ2) is 9.37. The third-order valence-corrected chi connectivity index (χ3v) is 6.58. The fourth-order valence-corrected chi connectivity index (χ4v) is 4.51. The summed E-state index contributed by atoms with van der Waals surface area (Å²) in [5.41, 5.74) is 0.704. The van der Waals surface area contributed by atoms with Crippen LogP contribution < -0.4 is 9.80 Å². The Labute approximate surface area is 177 Å². The summed E-state index contributed by atoms with van der Waals surface area (Å²) in [4.78, 5) is 28.0. The Morgan fingerprint density at radius 3 is 2.55 bits per heavy atom. The summed E-state index contributed by atoms with van der Waals surface area (Å²) in [7, 11) is 0. The van der Waals surface area contributed by atoms with Crippen LogP contribution in [-0.4, -0.2) is 49.1 Å². The Balaban J connectivity index is 1.63. The molecule has 2 aliphatic heterocycles. The van der Waals surface area contributed by atoms with Gasteiger partial charge < -0.3 is 9.64 Å². The Bertz CT molecular complexity index is 742. The molecule has 0 radical (unpaired) electrons. The van der Waals surface area contributed by atoms with Gasteiger partial charge in [-0.2, -0.15) is 11.8 Å². The van der Waals surface area contributed by atoms with Gasteiger partial charge in [0, 0.05) is 24.9 Å². The van der Waals surface area contributed by atoms with Gasteiger partial charge in [0.15, 0.2) is 0 Å². The molecule has 1 atom stereocenters. The summed E-state index contributed by atoms with van der Waals surface area (Å²) in [5, 5.41) is 0. The molecule has 1 aromatic carbocycles. The zero-order valence-electron chi connectivity index (χ0n) is 17.6. The number of Topliss-reactive ketones (excluding diaryl/α,β-unsaturated/α-hetero) is 1. The molecule has 2 fully saturated rings. The number of rotatable bonds is 5. The molecular formula is C22H31FN2O3S. The molecule has 0 aliphatic carbocycles. The number of thioether (sulfide) groups is 1. The minimum atomic E-state index is -0.478. The number of anilines is 2. The third kappa shape index (κ3) is 5.65. The molecule has 7 heteroatoms. The Kier molecular flexibility index (Phi) is 7.09. The monoisotopic (exact) mass is 422 g/mol. The first-order valence-electron chi connectivity index (χ1n) is 10.4. The average molecular weight is 423 g/mol. The van der Waals surface area contributed by atoms with E-state index in [-0.39, 0.29) is 17.7 Å². The summed E-state index contributed by atoms with van der Waals surface area (Å²) in [6.45, 7) is 7.69. The molecule has 2 aliphatic rings. The average Bonchev–Trinajstić information content (AvgIpc) is 3.00. The first-order valence-corrected chi connectivity index (χ1v) is 11.5. The lowest BCUT2D eigenvalue weighted by Crippen LogP contribution is -2.29. The first-order chi connectivity index (χ1) is 13.8. The molecule has 0 saturated carbocycles. The van der Waals surface area contributed by atoms with E-state index < -0.39 is 11.5 Å². The van der Waals surface area contributed by atoms with E-state index in [2.05, 4.69) is 4.90 Å². The molecule has 2 saturated heterocycles. The zero-order chi connectivity index (χ0) is 21.0. The summed E-state index contributed by atoms with van der Waals surface area (Å²) in [6.07, 6.45) is 2.12. The van der Waals surface area contributed by atoms with E-state index in [1.54, 1.807) is 12.1 Å². The van der Waals surface area contributed by atoms with Gasteiger partial charge in [-0.1, -0.05) is 20.8 Å². The number of halogens is 1. The number of carbonyl (C=O) groups is 2. The quantitative estimate of drug-likeness (QED) is 0.677. The molecule has 2 heterocycles. The van der Waals surface area contributed by atoms with Crippen molar-refractivity contribution in [3.8, 4) is 0 Å². The molecule has 1 aromatic rings. The Morgan fingerprint density at radius 2 is 1.93 bits per heavy atom. The number of benzene rings is 1. The van der Waals surface area contributed by atoms with Gasteiger partial charge in [-0.15, -0.1) is 0 Å². The van der Waals surface area contributed by atoms with E-state index in [0.717, 1.165) is 37.4 Å². The highest BCUT2D eigenvalue weighted by atomic mass is 32.2. The zero-order valence-corrected chi connectivity index (χ0v) is 18.4. The maximum absolute atomic E-state index is 14.9. The number of ketones is 1. The fraction of sp³-hybridized carbons (Fsp3) is 0.636. The molecule has 0 aromatic heterocycles. The minimum absolute atomic E-state index is 0.147. The van der Waals surface area contributed by atoms with E-state index in [1.165, 1.54) is 11.0 Å². The SMILES string of the molecule is CC(C)(C)C(=O)CC[C@H]1CN(c2ccc(N3CCCSCCC3)c(F)c2)C(=O)O1. The van der Waals surface area contributed by atoms with Crippen LogP contribution >= 0.6 is 11.8 Å². The van der Waals surface area contributed by atoms with E-state index >= 15 is 0 Å². The lowest BCUT2D eigenvalue weighted by molar-refractivity contribution is -0.126. The van der Waals surface area contributed by atoms with Gasteiger partial charge >= 0.3 is 6.09 Å². The smallest absolute Gasteiger partial charge is 0.414 e. The van der Waals surface area contributed by atoms with Gasteiger partial charge in [0.1, 0.15) is 17.7 Å². The normalized spacial score (nSPS) is 21.0. The second-order valence-electron chi connectivity index (χ2n) is 8.77. The topological polar surface area (TPSA) is 49.9 Å². The van der Waals surface area contributed by atoms with Crippen LogP contribution in [0.25, 0.3) is 0 Å². The number of carbonyl (C=O) groups excluding carboxylic acids is 2. The van der Waals surface area contributed by atoms with Crippen molar-refractivity contribution in [2.24, 2.45) is 5.41 Å². The molecule has 0 spiro atoms. The van der Waals surface area contributed by atoms with Crippen LogP contribution in [0.1, 0.15) is 46.5 Å². The van der Waals surface area contributed by atoms with Crippen LogP contribution in [0.3, 0.4) is 0 Å². The van der Waals surface area contributed by atoms with Crippen LogP contribution in [-0.2, 0) is 9.53 Å². The first kappa shape index (κ1) is 21.9. The molecule has 29 heavy (non-hydrogen) atoms. The molecule has 0 unspecified atom stereocenters. The number of nitrogens with zero attached hydrogens (tertiary/aromatic N) is 2. The number of cyclic esters (lactones) is 1. The standard InChI is InChI=1S/C22H31FN2O3S/c1-22(2,3)20(26)9-7-17-15-25(21(27)28-17)16-6-8-19(18(23)14-16)24-10-4-12-29-13-5-11-24/h6,8,14,17H,4-5,7,9-13,15H2,1-3H3/t17-/m0/s1. The highest BCUT2D eigenvalue weighted by molar-refractivity contribution is 7.99. The lowest BCUT2D eigenvalue weighted by atomic mass is 9.87. The number of hydrogen-bond donors (Lipinski definition) is 0. The van der Waals surface area contributed by atoms with Crippen LogP contribution in [0.15, 0.2) is 18.2 Å². The highest BCUT2D eigenvalue weighted by Gasteiger charge is 2.34. The molecule has 0 bridgehead atoms. The van der Waals surface area contributed by atoms with Crippen molar-refractivity contribution in [2.45, 2.75) is 52.6 Å². The van der Waals surface area contributed by atoms with E-state index in [1.807, 2.05) is 32.5 Å². The largest absolute Gasteiger partial charge is 0.444 e. The van der Waals surface area contributed by atoms with Gasteiger partial charge in [0.25, 0.3) is 0 Å². The molecule has 3 rings (SSSR count). The Morgan fingerprint density at radius 1 is 1.24 bits per heavy atom. The van der Waals surface area contributed by atoms with E-state index in [9.17, 15) is 14.0 Å². The van der Waals surface area contributed by atoms with Crippen molar-refractivity contribution in [1.29, 1.82) is 0 Å². The molecule has 5 nitrogen and oxygen atoms in total. The fourth-order valence-electron chi connectivity index (χ4n) is 3.64. The maximum Gasteiger partial charge on any atom is 0.414 e. The predicted octanol–water partition coefficient (Wildman–Crippen LogP) is 4.88. The molecular weight excluding hydrogens is 391 g/mol. The van der Waals surface area contributed by atoms with Gasteiger partial charge in [0.2, 0.25) is 0 Å². The van der Waals surface area contributed by atoms with Gasteiger partial charge in [0.05, 0.1) is 17.9 Å². The van der Waals surface area contributed by atoms with Crippen LogP contribution in [0.4, 0.5) is 20.6 Å². The number of hydrogen-bond acceptors (Lipinski definition) is 5. The third-order valence-electron chi connectivity index (χ3n) is 5.42. The van der Waals surface area contributed by atoms with Crippen molar-refractivity contribution in [1.82, 2.24) is 0 Å². The number of amides is 1. The van der Waals surface area contributed by atoms with E-state index in [0.29, 0.717) is 30.8 Å². The van der Waals surface area contributed by atoms with Crippen molar-refractivity contribution >= 4 is 35.0 Å². The summed E-state index contributed by atoms with van der Waals surface area (Å²) in [6, 6.07) is 4.98. The summed E-state index contributed by atoms with van der Waals surface area (Å²) < 4.78 is 20.3. The van der Waals surface area contributed by atoms with E-state index in [4.69, 9.17) is 4.74 Å². The number of ether oxygens (including phenoxy) is 1. The van der Waals surface area contributed by atoms with Crippen LogP contribution in [0.5, 0.6) is 0 Å². The van der Waals surface area contributed by atoms with Crippen molar-refractivity contribution in [3.05, 3.63) is 24.0 Å². The molecule has 160 valence electrons. The van der Waals surface area contributed by atoms with Gasteiger partial charge in [-0.25, -0.2) is 9.18 Å². The Hall–Kier alpha value is -1.76. The highest BCUT2D eigenvalue weighted by Crippen LogP contribution is 2.30. The summed E-state index contributed by atoms with van der Waals surface area (Å²) in [5.74, 6) is 2.05. The van der Waals surface area contributed by atoms with Crippen molar-refractivity contribution in [2.75, 3.05) is 40.9 Å². The molecule has 0 N–H and O–H groups in total. The van der Waals surface area contributed by atoms with Crippen molar-refractivity contribution < 1.29 is 18.7 Å². The lowest BCUT2D eigenvalue weighted by Gasteiger charge is -2.27.